The van der Waals surface area contributed by atoms with Gasteiger partial charge in [-0.05, 0) is 30.3 Å². The highest BCUT2D eigenvalue weighted by Gasteiger charge is 2.49. The van der Waals surface area contributed by atoms with Crippen LogP contribution < -0.4 is 0 Å². The van der Waals surface area contributed by atoms with E-state index in [0.717, 1.165) is 5.57 Å². The lowest BCUT2D eigenvalue weighted by Gasteiger charge is -2.50. The molecule has 1 aliphatic carbocycles. The summed E-state index contributed by atoms with van der Waals surface area (Å²) in [5.74, 6) is -0.0956. The van der Waals surface area contributed by atoms with Crippen molar-refractivity contribution in [1.82, 2.24) is 0 Å². The summed E-state index contributed by atoms with van der Waals surface area (Å²) >= 11 is 0. The van der Waals surface area contributed by atoms with Crippen molar-refractivity contribution < 1.29 is 18.7 Å². The van der Waals surface area contributed by atoms with Gasteiger partial charge in [-0.1, -0.05) is 59.8 Å². The van der Waals surface area contributed by atoms with Crippen molar-refractivity contribution in [3.63, 3.8) is 0 Å². The van der Waals surface area contributed by atoms with Crippen molar-refractivity contribution in [3.8, 4) is 0 Å². The second kappa shape index (κ2) is 7.45. The molecule has 1 aliphatic rings. The molecular weight excluding hydrogens is 323 g/mol. The Hall–Kier alpha value is -0.410. The molecule has 0 bridgehead atoms. The minimum Gasteiger partial charge on any atom is -0.385 e. The molecule has 5 heteroatoms. The summed E-state index contributed by atoms with van der Waals surface area (Å²) in [6.07, 6.45) is 6.02. The SMILES string of the molecule is CCOP(=O)(CC1=CC(C(C)(C)C)C(O)(C(C)(C)C)C=C1)OCC. The van der Waals surface area contributed by atoms with Crippen molar-refractivity contribution in [3.05, 3.63) is 23.8 Å². The first-order valence-corrected chi connectivity index (χ1v) is 10.5. The van der Waals surface area contributed by atoms with E-state index in [1.807, 2.05) is 46.8 Å². The van der Waals surface area contributed by atoms with E-state index < -0.39 is 13.2 Å². The highest BCUT2D eigenvalue weighted by Crippen LogP contribution is 2.53. The molecule has 2 unspecified atom stereocenters. The fourth-order valence-electron chi connectivity index (χ4n) is 3.21. The zero-order chi connectivity index (χ0) is 18.8. The average molecular weight is 358 g/mol. The number of rotatable bonds is 6. The largest absolute Gasteiger partial charge is 0.385 e. The highest BCUT2D eigenvalue weighted by molar-refractivity contribution is 7.54. The van der Waals surface area contributed by atoms with Gasteiger partial charge < -0.3 is 14.2 Å². The van der Waals surface area contributed by atoms with Crippen LogP contribution in [0.2, 0.25) is 0 Å². The molecule has 0 amide bonds. The van der Waals surface area contributed by atoms with E-state index in [-0.39, 0.29) is 22.9 Å². The molecule has 0 spiro atoms. The van der Waals surface area contributed by atoms with Gasteiger partial charge in [-0.2, -0.15) is 0 Å². The monoisotopic (exact) mass is 358 g/mol. The molecule has 1 N–H and O–H groups in total. The summed E-state index contributed by atoms with van der Waals surface area (Å²) in [6.45, 7) is 16.8. The maximum absolute atomic E-state index is 12.8. The van der Waals surface area contributed by atoms with Gasteiger partial charge in [0.2, 0.25) is 0 Å². The molecule has 0 heterocycles. The molecule has 0 radical (unpaired) electrons. The van der Waals surface area contributed by atoms with E-state index in [0.29, 0.717) is 13.2 Å². The minimum absolute atomic E-state index is 0.0956. The third-order valence-electron chi connectivity index (χ3n) is 4.57. The van der Waals surface area contributed by atoms with Gasteiger partial charge in [-0.15, -0.1) is 0 Å². The Balaban J connectivity index is 3.21. The Morgan fingerprint density at radius 2 is 1.62 bits per heavy atom. The Morgan fingerprint density at radius 1 is 1.12 bits per heavy atom. The van der Waals surface area contributed by atoms with Gasteiger partial charge in [0.15, 0.2) is 0 Å². The van der Waals surface area contributed by atoms with Crippen molar-refractivity contribution >= 4 is 7.60 Å². The lowest BCUT2D eigenvalue weighted by molar-refractivity contribution is -0.0804. The zero-order valence-corrected chi connectivity index (χ0v) is 17.4. The van der Waals surface area contributed by atoms with Crippen LogP contribution in [0.4, 0.5) is 0 Å². The van der Waals surface area contributed by atoms with Crippen LogP contribution in [0.5, 0.6) is 0 Å². The zero-order valence-electron chi connectivity index (χ0n) is 16.5. The number of aliphatic hydroxyl groups is 1. The van der Waals surface area contributed by atoms with E-state index in [2.05, 4.69) is 26.8 Å². The van der Waals surface area contributed by atoms with Crippen molar-refractivity contribution in [2.75, 3.05) is 19.4 Å². The van der Waals surface area contributed by atoms with E-state index in [1.54, 1.807) is 0 Å². The molecule has 0 aromatic carbocycles. The molecule has 24 heavy (non-hydrogen) atoms. The molecular formula is C19H35O4P. The predicted molar refractivity (Wildman–Crippen MR) is 100 cm³/mol. The molecule has 2 atom stereocenters. The summed E-state index contributed by atoms with van der Waals surface area (Å²) < 4.78 is 23.6. The van der Waals surface area contributed by atoms with Gasteiger partial charge >= 0.3 is 7.60 Å². The van der Waals surface area contributed by atoms with Gasteiger partial charge in [0, 0.05) is 5.92 Å². The van der Waals surface area contributed by atoms with Crippen LogP contribution >= 0.6 is 7.60 Å². The third kappa shape index (κ3) is 4.82. The molecule has 140 valence electrons. The Kier molecular flexibility index (Phi) is 6.72. The molecule has 0 aliphatic heterocycles. The van der Waals surface area contributed by atoms with Crippen LogP contribution in [-0.2, 0) is 13.6 Å². The van der Waals surface area contributed by atoms with Crippen LogP contribution in [0.3, 0.4) is 0 Å². The molecule has 0 aromatic heterocycles. The molecule has 1 rings (SSSR count). The van der Waals surface area contributed by atoms with Crippen molar-refractivity contribution in [1.29, 1.82) is 0 Å². The summed E-state index contributed by atoms with van der Waals surface area (Å²) in [5.41, 5.74) is -0.517. The van der Waals surface area contributed by atoms with Gasteiger partial charge in [0.25, 0.3) is 0 Å². The second-order valence-electron chi connectivity index (χ2n) is 8.60. The van der Waals surface area contributed by atoms with E-state index in [4.69, 9.17) is 9.05 Å². The smallest absolute Gasteiger partial charge is 0.334 e. The fraction of sp³-hybridized carbons (Fsp3) is 0.789. The summed E-state index contributed by atoms with van der Waals surface area (Å²) in [5, 5.41) is 11.4. The number of hydrogen-bond donors (Lipinski definition) is 1. The topological polar surface area (TPSA) is 55.8 Å². The maximum atomic E-state index is 12.8. The lowest BCUT2D eigenvalue weighted by atomic mass is 9.59. The molecule has 4 nitrogen and oxygen atoms in total. The normalized spacial score (nSPS) is 25.7. The van der Waals surface area contributed by atoms with Crippen LogP contribution in [0.1, 0.15) is 55.4 Å². The molecule has 0 aromatic rings. The predicted octanol–water partition coefficient (Wildman–Crippen LogP) is 5.19. The maximum Gasteiger partial charge on any atom is 0.334 e. The van der Waals surface area contributed by atoms with Crippen molar-refractivity contribution in [2.24, 2.45) is 16.7 Å². The third-order valence-corrected chi connectivity index (χ3v) is 6.62. The van der Waals surface area contributed by atoms with Gasteiger partial charge in [-0.25, -0.2) is 0 Å². The molecule has 0 saturated heterocycles. The fourth-order valence-corrected chi connectivity index (χ4v) is 4.91. The molecule has 0 fully saturated rings. The van der Waals surface area contributed by atoms with Crippen molar-refractivity contribution in [2.45, 2.75) is 61.0 Å². The Morgan fingerprint density at radius 3 is 2.00 bits per heavy atom. The van der Waals surface area contributed by atoms with Gasteiger partial charge in [0.1, 0.15) is 0 Å². The average Bonchev–Trinajstić information content (AvgIpc) is 2.39. The van der Waals surface area contributed by atoms with E-state index in [1.165, 1.54) is 0 Å². The first-order valence-electron chi connectivity index (χ1n) is 8.79. The highest BCUT2D eigenvalue weighted by atomic mass is 31.2. The Labute approximate surface area is 147 Å². The van der Waals surface area contributed by atoms with Gasteiger partial charge in [-0.3, -0.25) is 4.57 Å². The van der Waals surface area contributed by atoms with E-state index in [9.17, 15) is 9.67 Å². The van der Waals surface area contributed by atoms with Crippen LogP contribution in [0.25, 0.3) is 0 Å². The van der Waals surface area contributed by atoms with Crippen LogP contribution in [0, 0.1) is 16.7 Å². The first kappa shape index (κ1) is 21.6. The number of allylic oxidation sites excluding steroid dienone is 2. The molecule has 0 saturated carbocycles. The lowest BCUT2D eigenvalue weighted by Crippen LogP contribution is -2.52. The summed E-state index contributed by atoms with van der Waals surface area (Å²) in [4.78, 5) is 0. The van der Waals surface area contributed by atoms with Gasteiger partial charge in [0.05, 0.1) is 25.0 Å². The quantitative estimate of drug-likeness (QED) is 0.664. The first-order chi connectivity index (χ1) is 10.8. The second-order valence-corrected chi connectivity index (χ2v) is 10.7. The minimum atomic E-state index is -3.15. The van der Waals surface area contributed by atoms with E-state index >= 15 is 0 Å². The van der Waals surface area contributed by atoms with Crippen LogP contribution in [-0.4, -0.2) is 30.1 Å². The number of hydrogen-bond acceptors (Lipinski definition) is 4. The summed E-state index contributed by atoms with van der Waals surface area (Å²) in [6, 6.07) is 0. The Bertz CT molecular complexity index is 527. The standard InChI is InChI=1S/C19H35O4P/c1-9-22-24(21,23-10-2)14-15-11-12-19(20,18(6,7)8)16(13-15)17(3,4)5/h11-13,16,20H,9-10,14H2,1-8H3. The van der Waals surface area contributed by atoms with Crippen LogP contribution in [0.15, 0.2) is 23.8 Å². The summed E-state index contributed by atoms with van der Waals surface area (Å²) in [7, 11) is -3.15.